The Labute approximate surface area is 115 Å². The summed E-state index contributed by atoms with van der Waals surface area (Å²) in [6, 6.07) is 0. The maximum absolute atomic E-state index is 13.7. The molecule has 0 aliphatic heterocycles. The van der Waals surface area contributed by atoms with Gasteiger partial charge in [-0.25, -0.2) is 13.6 Å². The molecule has 0 fully saturated rings. The highest BCUT2D eigenvalue weighted by atomic mass is 19.1. The minimum absolute atomic E-state index is 0.155. The molecule has 0 aromatic rings. The third-order valence-electron chi connectivity index (χ3n) is 2.66. The molecule has 19 heavy (non-hydrogen) atoms. The Balaban J connectivity index is 4.35. The standard InChI is InChI=1S/C15H26F2O2/c1-11(2)13(18)19-8-7-12(9-14(3,4)16)10-15(5,6)17/h12H,1,7-10H2,2-6H3. The molecule has 0 saturated carbocycles. The van der Waals surface area contributed by atoms with E-state index in [0.29, 0.717) is 12.0 Å². The third kappa shape index (κ3) is 10.7. The van der Waals surface area contributed by atoms with Crippen molar-refractivity contribution < 1.29 is 18.3 Å². The van der Waals surface area contributed by atoms with Gasteiger partial charge in [0.25, 0.3) is 0 Å². The molecule has 0 bridgehead atoms. The largest absolute Gasteiger partial charge is 0.462 e. The molecule has 0 radical (unpaired) electrons. The topological polar surface area (TPSA) is 26.3 Å². The Morgan fingerprint density at radius 3 is 1.89 bits per heavy atom. The first-order valence-electron chi connectivity index (χ1n) is 6.61. The zero-order chi connectivity index (χ0) is 15.3. The first kappa shape index (κ1) is 18.1. The molecule has 0 saturated heterocycles. The average molecular weight is 276 g/mol. The molecule has 2 nitrogen and oxygen atoms in total. The van der Waals surface area contributed by atoms with E-state index >= 15 is 0 Å². The van der Waals surface area contributed by atoms with Crippen LogP contribution in [0.2, 0.25) is 0 Å². The number of esters is 1. The number of carbonyl (C=O) groups excluding carboxylic acids is 1. The fourth-order valence-corrected chi connectivity index (χ4v) is 2.09. The van der Waals surface area contributed by atoms with Crippen molar-refractivity contribution >= 4 is 5.97 Å². The fraction of sp³-hybridized carbons (Fsp3) is 0.800. The van der Waals surface area contributed by atoms with E-state index in [2.05, 4.69) is 6.58 Å². The molecule has 4 heteroatoms. The number of ether oxygens (including phenoxy) is 1. The minimum atomic E-state index is -1.35. The number of halogens is 2. The highest BCUT2D eigenvalue weighted by Crippen LogP contribution is 2.30. The lowest BCUT2D eigenvalue weighted by Gasteiger charge is -2.27. The van der Waals surface area contributed by atoms with Crippen molar-refractivity contribution in [1.29, 1.82) is 0 Å². The van der Waals surface area contributed by atoms with Crippen molar-refractivity contribution in [1.82, 2.24) is 0 Å². The number of carbonyl (C=O) groups is 1. The first-order chi connectivity index (χ1) is 8.41. The van der Waals surface area contributed by atoms with Crippen molar-refractivity contribution in [3.05, 3.63) is 12.2 Å². The van der Waals surface area contributed by atoms with Gasteiger partial charge in [-0.3, -0.25) is 0 Å². The molecule has 0 aromatic heterocycles. The van der Waals surface area contributed by atoms with Gasteiger partial charge in [-0.2, -0.15) is 0 Å². The van der Waals surface area contributed by atoms with Gasteiger partial charge in [0, 0.05) is 5.57 Å². The summed E-state index contributed by atoms with van der Waals surface area (Å²) in [4.78, 5) is 11.2. The van der Waals surface area contributed by atoms with E-state index < -0.39 is 17.3 Å². The van der Waals surface area contributed by atoms with Gasteiger partial charge in [-0.15, -0.1) is 0 Å². The molecule has 0 N–H and O–H groups in total. The summed E-state index contributed by atoms with van der Waals surface area (Å²) in [5.41, 5.74) is -2.38. The van der Waals surface area contributed by atoms with Crippen LogP contribution in [0.3, 0.4) is 0 Å². The Kier molecular flexibility index (Phi) is 6.67. The van der Waals surface area contributed by atoms with E-state index in [1.54, 1.807) is 6.92 Å². The number of hydrogen-bond donors (Lipinski definition) is 0. The summed E-state index contributed by atoms with van der Waals surface area (Å²) in [5.74, 6) is -0.615. The van der Waals surface area contributed by atoms with Crippen LogP contribution in [0.5, 0.6) is 0 Å². The molecule has 0 aliphatic rings. The number of alkyl halides is 2. The van der Waals surface area contributed by atoms with E-state index in [1.807, 2.05) is 0 Å². The quantitative estimate of drug-likeness (QED) is 0.485. The smallest absolute Gasteiger partial charge is 0.333 e. The maximum atomic E-state index is 13.7. The average Bonchev–Trinajstić information content (AvgIpc) is 2.11. The Bertz CT molecular complexity index is 295. The number of rotatable bonds is 8. The molecule has 0 atom stereocenters. The van der Waals surface area contributed by atoms with Crippen molar-refractivity contribution in [2.24, 2.45) is 5.92 Å². The Hall–Kier alpha value is -0.930. The molecule has 0 spiro atoms. The Morgan fingerprint density at radius 1 is 1.16 bits per heavy atom. The van der Waals surface area contributed by atoms with E-state index in [1.165, 1.54) is 27.7 Å². The van der Waals surface area contributed by atoms with Crippen LogP contribution in [0.15, 0.2) is 12.2 Å². The van der Waals surface area contributed by atoms with Crippen LogP contribution in [0, 0.1) is 5.92 Å². The van der Waals surface area contributed by atoms with Crippen molar-refractivity contribution in [3.8, 4) is 0 Å². The zero-order valence-electron chi connectivity index (χ0n) is 12.7. The monoisotopic (exact) mass is 276 g/mol. The van der Waals surface area contributed by atoms with Gasteiger partial charge >= 0.3 is 5.97 Å². The summed E-state index contributed by atoms with van der Waals surface area (Å²) < 4.78 is 32.3. The third-order valence-corrected chi connectivity index (χ3v) is 2.66. The molecule has 0 amide bonds. The second kappa shape index (κ2) is 7.01. The summed E-state index contributed by atoms with van der Waals surface area (Å²) in [7, 11) is 0. The van der Waals surface area contributed by atoms with Crippen molar-refractivity contribution in [2.45, 2.75) is 65.2 Å². The van der Waals surface area contributed by atoms with E-state index in [9.17, 15) is 13.6 Å². The SMILES string of the molecule is C=C(C)C(=O)OCCC(CC(C)(C)F)CC(C)(C)F. The molecule has 112 valence electrons. The van der Waals surface area contributed by atoms with Crippen LogP contribution in [0.1, 0.15) is 53.9 Å². The van der Waals surface area contributed by atoms with Gasteiger partial charge in [0.15, 0.2) is 0 Å². The molecule has 0 unspecified atom stereocenters. The molecular formula is C15H26F2O2. The predicted octanol–water partition coefficient (Wildman–Crippen LogP) is 4.39. The predicted molar refractivity (Wildman–Crippen MR) is 73.5 cm³/mol. The Morgan fingerprint density at radius 2 is 1.58 bits per heavy atom. The van der Waals surface area contributed by atoms with Crippen LogP contribution < -0.4 is 0 Å². The minimum Gasteiger partial charge on any atom is -0.462 e. The summed E-state index contributed by atoms with van der Waals surface area (Å²) >= 11 is 0. The van der Waals surface area contributed by atoms with Crippen LogP contribution in [-0.4, -0.2) is 23.9 Å². The van der Waals surface area contributed by atoms with Gasteiger partial charge in [-0.05, 0) is 59.8 Å². The maximum Gasteiger partial charge on any atom is 0.333 e. The van der Waals surface area contributed by atoms with Gasteiger partial charge in [0.1, 0.15) is 11.3 Å². The van der Waals surface area contributed by atoms with Crippen molar-refractivity contribution in [3.63, 3.8) is 0 Å². The normalized spacial score (nSPS) is 12.6. The fourth-order valence-electron chi connectivity index (χ4n) is 2.09. The zero-order valence-corrected chi connectivity index (χ0v) is 12.7. The lowest BCUT2D eigenvalue weighted by atomic mass is 9.85. The lowest BCUT2D eigenvalue weighted by molar-refractivity contribution is -0.139. The molecular weight excluding hydrogens is 250 g/mol. The van der Waals surface area contributed by atoms with Crippen LogP contribution >= 0.6 is 0 Å². The first-order valence-corrected chi connectivity index (χ1v) is 6.61. The van der Waals surface area contributed by atoms with Gasteiger partial charge in [0.2, 0.25) is 0 Å². The van der Waals surface area contributed by atoms with Crippen LogP contribution in [-0.2, 0) is 9.53 Å². The van der Waals surface area contributed by atoms with Gasteiger partial charge in [0.05, 0.1) is 6.61 Å². The van der Waals surface area contributed by atoms with E-state index in [4.69, 9.17) is 4.74 Å². The lowest BCUT2D eigenvalue weighted by Crippen LogP contribution is -2.25. The number of hydrogen-bond acceptors (Lipinski definition) is 2. The summed E-state index contributed by atoms with van der Waals surface area (Å²) in [6.45, 7) is 11.1. The van der Waals surface area contributed by atoms with Crippen LogP contribution in [0.4, 0.5) is 8.78 Å². The molecule has 0 rings (SSSR count). The van der Waals surface area contributed by atoms with E-state index in [-0.39, 0.29) is 25.4 Å². The molecule has 0 aromatic carbocycles. The summed E-state index contributed by atoms with van der Waals surface area (Å²) in [5, 5.41) is 0. The second-order valence-corrected chi connectivity index (χ2v) is 6.42. The van der Waals surface area contributed by atoms with Crippen LogP contribution in [0.25, 0.3) is 0 Å². The van der Waals surface area contributed by atoms with Gasteiger partial charge in [-0.1, -0.05) is 6.58 Å². The molecule has 0 heterocycles. The highest BCUT2D eigenvalue weighted by Gasteiger charge is 2.28. The molecule has 0 aliphatic carbocycles. The summed E-state index contributed by atoms with van der Waals surface area (Å²) in [6.07, 6.45) is 0.968. The highest BCUT2D eigenvalue weighted by molar-refractivity contribution is 5.86. The second-order valence-electron chi connectivity index (χ2n) is 6.42. The van der Waals surface area contributed by atoms with Crippen molar-refractivity contribution in [2.75, 3.05) is 6.61 Å². The van der Waals surface area contributed by atoms with Gasteiger partial charge < -0.3 is 4.74 Å². The van der Waals surface area contributed by atoms with E-state index in [0.717, 1.165) is 0 Å².